The van der Waals surface area contributed by atoms with E-state index >= 15 is 0 Å². The SMILES string of the molecule is CC(NC(=O)c1ccc(-n2cnnc2)cc1)c1ccc(N2CCOCC2)cc1. The van der Waals surface area contributed by atoms with E-state index in [1.54, 1.807) is 29.4 Å². The van der Waals surface area contributed by atoms with E-state index in [0.29, 0.717) is 5.56 Å². The monoisotopic (exact) mass is 377 g/mol. The summed E-state index contributed by atoms with van der Waals surface area (Å²) in [6.07, 6.45) is 3.25. The summed E-state index contributed by atoms with van der Waals surface area (Å²) in [5.74, 6) is -0.0972. The van der Waals surface area contributed by atoms with E-state index in [4.69, 9.17) is 4.74 Å². The van der Waals surface area contributed by atoms with Gasteiger partial charge in [0.25, 0.3) is 5.91 Å². The van der Waals surface area contributed by atoms with Gasteiger partial charge in [-0.1, -0.05) is 12.1 Å². The van der Waals surface area contributed by atoms with E-state index in [1.165, 1.54) is 5.69 Å². The van der Waals surface area contributed by atoms with Gasteiger partial charge in [0.1, 0.15) is 12.7 Å². The number of aromatic nitrogens is 3. The lowest BCUT2D eigenvalue weighted by atomic mass is 10.1. The van der Waals surface area contributed by atoms with Crippen LogP contribution in [-0.2, 0) is 4.74 Å². The van der Waals surface area contributed by atoms with Crippen LogP contribution in [0.25, 0.3) is 5.69 Å². The fourth-order valence-corrected chi connectivity index (χ4v) is 3.28. The zero-order valence-corrected chi connectivity index (χ0v) is 15.8. The molecule has 0 aliphatic carbocycles. The fraction of sp³-hybridized carbons (Fsp3) is 0.286. The zero-order valence-electron chi connectivity index (χ0n) is 15.8. The number of nitrogens with zero attached hydrogens (tertiary/aromatic N) is 4. The van der Waals surface area contributed by atoms with Gasteiger partial charge < -0.3 is 15.0 Å². The summed E-state index contributed by atoms with van der Waals surface area (Å²) in [4.78, 5) is 14.9. The molecule has 1 saturated heterocycles. The summed E-state index contributed by atoms with van der Waals surface area (Å²) in [5.41, 5.74) is 3.79. The first kappa shape index (κ1) is 18.2. The molecule has 1 amide bonds. The second-order valence-electron chi connectivity index (χ2n) is 6.80. The van der Waals surface area contributed by atoms with Gasteiger partial charge in [0, 0.05) is 30.0 Å². The van der Waals surface area contributed by atoms with Crippen molar-refractivity contribution < 1.29 is 9.53 Å². The van der Waals surface area contributed by atoms with Crippen molar-refractivity contribution in [3.05, 3.63) is 72.3 Å². The van der Waals surface area contributed by atoms with Crippen molar-refractivity contribution in [2.45, 2.75) is 13.0 Å². The van der Waals surface area contributed by atoms with Gasteiger partial charge in [-0.3, -0.25) is 9.36 Å². The third-order valence-electron chi connectivity index (χ3n) is 4.96. The second-order valence-corrected chi connectivity index (χ2v) is 6.80. The Bertz CT molecular complexity index is 901. The molecule has 1 fully saturated rings. The largest absolute Gasteiger partial charge is 0.378 e. The summed E-state index contributed by atoms with van der Waals surface area (Å²) >= 11 is 0. The van der Waals surface area contributed by atoms with Crippen LogP contribution in [-0.4, -0.2) is 47.0 Å². The molecule has 0 radical (unpaired) electrons. The zero-order chi connectivity index (χ0) is 19.3. The molecule has 2 heterocycles. The number of amides is 1. The Labute approximate surface area is 164 Å². The maximum absolute atomic E-state index is 12.6. The first-order valence-electron chi connectivity index (χ1n) is 9.39. The van der Waals surface area contributed by atoms with Crippen LogP contribution in [0, 0.1) is 0 Å². The van der Waals surface area contributed by atoms with Crippen LogP contribution in [0.3, 0.4) is 0 Å². The number of hydrogen-bond acceptors (Lipinski definition) is 5. The number of morpholine rings is 1. The highest BCUT2D eigenvalue weighted by atomic mass is 16.5. The molecule has 7 heteroatoms. The molecule has 4 rings (SSSR count). The van der Waals surface area contributed by atoms with Crippen molar-refractivity contribution in [3.8, 4) is 5.69 Å². The number of ether oxygens (including phenoxy) is 1. The minimum absolute atomic E-state index is 0.0798. The number of carbonyl (C=O) groups excluding carboxylic acids is 1. The minimum atomic E-state index is -0.0972. The highest BCUT2D eigenvalue weighted by Crippen LogP contribution is 2.20. The summed E-state index contributed by atoms with van der Waals surface area (Å²) in [5, 5.41) is 10.6. The Balaban J connectivity index is 1.38. The van der Waals surface area contributed by atoms with Gasteiger partial charge in [-0.15, -0.1) is 10.2 Å². The van der Waals surface area contributed by atoms with E-state index in [9.17, 15) is 4.79 Å². The molecule has 1 atom stereocenters. The third kappa shape index (κ3) is 4.04. The number of nitrogens with one attached hydrogen (secondary N) is 1. The maximum atomic E-state index is 12.6. The molecule has 1 unspecified atom stereocenters. The van der Waals surface area contributed by atoms with Gasteiger partial charge in [0.15, 0.2) is 0 Å². The van der Waals surface area contributed by atoms with Gasteiger partial charge >= 0.3 is 0 Å². The Morgan fingerprint density at radius 3 is 2.21 bits per heavy atom. The molecule has 0 spiro atoms. The first-order chi connectivity index (χ1) is 13.7. The van der Waals surface area contributed by atoms with Crippen LogP contribution in [0.2, 0.25) is 0 Å². The van der Waals surface area contributed by atoms with Gasteiger partial charge in [0.2, 0.25) is 0 Å². The third-order valence-corrected chi connectivity index (χ3v) is 4.96. The standard InChI is InChI=1S/C21H23N5O2/c1-16(17-2-6-19(7-3-17)25-10-12-28-13-11-25)24-21(27)18-4-8-20(9-5-18)26-14-22-23-15-26/h2-9,14-16H,10-13H2,1H3,(H,24,27). The lowest BCUT2D eigenvalue weighted by Crippen LogP contribution is -2.36. The van der Waals surface area contributed by atoms with Gasteiger partial charge in [0.05, 0.1) is 19.3 Å². The molecular formula is C21H23N5O2. The van der Waals surface area contributed by atoms with Crippen LogP contribution < -0.4 is 10.2 Å². The Morgan fingerprint density at radius 2 is 1.57 bits per heavy atom. The van der Waals surface area contributed by atoms with Crippen LogP contribution in [0.4, 0.5) is 5.69 Å². The normalized spacial score (nSPS) is 15.2. The van der Waals surface area contributed by atoms with Crippen molar-refractivity contribution in [1.82, 2.24) is 20.1 Å². The molecule has 1 aliphatic rings. The molecule has 144 valence electrons. The fourth-order valence-electron chi connectivity index (χ4n) is 3.28. The minimum Gasteiger partial charge on any atom is -0.378 e. The van der Waals surface area contributed by atoms with Gasteiger partial charge in [-0.25, -0.2) is 0 Å². The first-order valence-corrected chi connectivity index (χ1v) is 9.39. The van der Waals surface area contributed by atoms with E-state index in [1.807, 2.05) is 19.1 Å². The topological polar surface area (TPSA) is 72.3 Å². The summed E-state index contributed by atoms with van der Waals surface area (Å²) in [7, 11) is 0. The number of hydrogen-bond donors (Lipinski definition) is 1. The Kier molecular flexibility index (Phi) is 5.34. The average molecular weight is 377 g/mol. The number of anilines is 1. The van der Waals surface area contributed by atoms with Crippen molar-refractivity contribution in [2.24, 2.45) is 0 Å². The van der Waals surface area contributed by atoms with Crippen molar-refractivity contribution >= 4 is 11.6 Å². The van der Waals surface area contributed by atoms with Crippen molar-refractivity contribution in [2.75, 3.05) is 31.2 Å². The predicted molar refractivity (Wildman–Crippen MR) is 107 cm³/mol. The summed E-state index contributed by atoms with van der Waals surface area (Å²) in [6.45, 7) is 5.36. The van der Waals surface area contributed by atoms with Gasteiger partial charge in [-0.05, 0) is 48.9 Å². The molecule has 0 bridgehead atoms. The molecular weight excluding hydrogens is 354 g/mol. The van der Waals surface area contributed by atoms with E-state index in [0.717, 1.165) is 37.6 Å². The molecule has 0 saturated carbocycles. The van der Waals surface area contributed by atoms with E-state index in [2.05, 4.69) is 44.7 Å². The Hall–Kier alpha value is -3.19. The lowest BCUT2D eigenvalue weighted by Gasteiger charge is -2.29. The number of rotatable bonds is 5. The predicted octanol–water partition coefficient (Wildman–Crippen LogP) is 2.59. The second kappa shape index (κ2) is 8.22. The molecule has 28 heavy (non-hydrogen) atoms. The highest BCUT2D eigenvalue weighted by molar-refractivity contribution is 5.94. The molecule has 3 aromatic rings. The lowest BCUT2D eigenvalue weighted by molar-refractivity contribution is 0.0940. The van der Waals surface area contributed by atoms with Crippen LogP contribution >= 0.6 is 0 Å². The van der Waals surface area contributed by atoms with Gasteiger partial charge in [-0.2, -0.15) is 0 Å². The summed E-state index contributed by atoms with van der Waals surface area (Å²) in [6, 6.07) is 15.6. The molecule has 1 N–H and O–H groups in total. The average Bonchev–Trinajstić information content (AvgIpc) is 3.29. The molecule has 1 aromatic heterocycles. The van der Waals surface area contributed by atoms with Crippen LogP contribution in [0.15, 0.2) is 61.2 Å². The molecule has 1 aliphatic heterocycles. The van der Waals surface area contributed by atoms with Crippen molar-refractivity contribution in [1.29, 1.82) is 0 Å². The maximum Gasteiger partial charge on any atom is 0.251 e. The number of benzene rings is 2. The van der Waals surface area contributed by atoms with E-state index in [-0.39, 0.29) is 11.9 Å². The quantitative estimate of drug-likeness (QED) is 0.740. The van der Waals surface area contributed by atoms with Crippen LogP contribution in [0.1, 0.15) is 28.9 Å². The smallest absolute Gasteiger partial charge is 0.251 e. The number of carbonyl (C=O) groups is 1. The van der Waals surface area contributed by atoms with Crippen molar-refractivity contribution in [3.63, 3.8) is 0 Å². The highest BCUT2D eigenvalue weighted by Gasteiger charge is 2.14. The summed E-state index contributed by atoms with van der Waals surface area (Å²) < 4.78 is 7.19. The van der Waals surface area contributed by atoms with E-state index < -0.39 is 0 Å². The molecule has 2 aromatic carbocycles. The Morgan fingerprint density at radius 1 is 0.964 bits per heavy atom. The van der Waals surface area contributed by atoms with Crippen LogP contribution in [0.5, 0.6) is 0 Å². The molecule has 7 nitrogen and oxygen atoms in total.